The highest BCUT2D eigenvalue weighted by atomic mass is 19.1. The van der Waals surface area contributed by atoms with Crippen molar-refractivity contribution in [3.05, 3.63) is 35.6 Å². The third-order valence-electron chi connectivity index (χ3n) is 3.69. The van der Waals surface area contributed by atoms with Crippen molar-refractivity contribution >= 4 is 17.8 Å². The van der Waals surface area contributed by atoms with Crippen LogP contribution in [0.25, 0.3) is 0 Å². The van der Waals surface area contributed by atoms with E-state index in [1.165, 1.54) is 12.1 Å². The van der Waals surface area contributed by atoms with Gasteiger partial charge in [-0.05, 0) is 23.6 Å². The Kier molecular flexibility index (Phi) is 4.75. The van der Waals surface area contributed by atoms with Crippen LogP contribution in [0.1, 0.15) is 24.8 Å². The van der Waals surface area contributed by atoms with Gasteiger partial charge in [0.05, 0.1) is 0 Å². The van der Waals surface area contributed by atoms with Crippen molar-refractivity contribution < 1.29 is 23.9 Å². The van der Waals surface area contributed by atoms with Gasteiger partial charge in [-0.2, -0.15) is 0 Å². The zero-order chi connectivity index (χ0) is 16.3. The zero-order valence-corrected chi connectivity index (χ0v) is 12.1. The van der Waals surface area contributed by atoms with Gasteiger partial charge in [-0.15, -0.1) is 0 Å². The lowest BCUT2D eigenvalue weighted by Crippen LogP contribution is -2.59. The summed E-state index contributed by atoms with van der Waals surface area (Å²) in [6.45, 7) is 1.38. The topological polar surface area (TPSA) is 86.7 Å². The molecule has 0 aromatic heterocycles. The maximum Gasteiger partial charge on any atom is 0.328 e. The lowest BCUT2D eigenvalue weighted by Gasteiger charge is -2.33. The molecule has 2 unspecified atom stereocenters. The number of amides is 2. The molecule has 2 rings (SSSR count). The summed E-state index contributed by atoms with van der Waals surface area (Å²) in [5.74, 6) is -2.64. The number of hydrogen-bond donors (Lipinski definition) is 2. The summed E-state index contributed by atoms with van der Waals surface area (Å²) in [6, 6.07) is 4.85. The molecule has 0 aliphatic carbocycles. The Labute approximate surface area is 126 Å². The average molecular weight is 308 g/mol. The quantitative estimate of drug-likeness (QED) is 0.858. The fraction of sp³-hybridized carbons (Fsp3) is 0.400. The van der Waals surface area contributed by atoms with E-state index in [1.807, 2.05) is 0 Å². The van der Waals surface area contributed by atoms with E-state index in [1.54, 1.807) is 19.1 Å². The molecule has 7 heteroatoms. The molecule has 2 atom stereocenters. The first-order valence-corrected chi connectivity index (χ1v) is 6.93. The van der Waals surface area contributed by atoms with Gasteiger partial charge < -0.3 is 15.3 Å². The van der Waals surface area contributed by atoms with Crippen LogP contribution in [0.3, 0.4) is 0 Å². The van der Waals surface area contributed by atoms with Crippen molar-refractivity contribution in [1.29, 1.82) is 0 Å². The Balaban J connectivity index is 2.09. The lowest BCUT2D eigenvalue weighted by atomic mass is 9.96. The van der Waals surface area contributed by atoms with Crippen LogP contribution in [0.15, 0.2) is 24.3 Å². The molecule has 2 amide bonds. The summed E-state index contributed by atoms with van der Waals surface area (Å²) in [6.07, 6.45) is 0.0144. The summed E-state index contributed by atoms with van der Waals surface area (Å²) in [4.78, 5) is 36.0. The maximum atomic E-state index is 13.2. The van der Waals surface area contributed by atoms with Crippen LogP contribution in [0.4, 0.5) is 4.39 Å². The minimum Gasteiger partial charge on any atom is -0.480 e. The number of carbonyl (C=O) groups excluding carboxylic acids is 2. The molecule has 1 heterocycles. The molecule has 1 aliphatic heterocycles. The minimum absolute atomic E-state index is 0.0144. The first kappa shape index (κ1) is 15.9. The molecule has 0 radical (unpaired) electrons. The van der Waals surface area contributed by atoms with E-state index < -0.39 is 23.7 Å². The summed E-state index contributed by atoms with van der Waals surface area (Å²) in [5, 5.41) is 11.6. The van der Waals surface area contributed by atoms with Crippen molar-refractivity contribution in [2.24, 2.45) is 0 Å². The molecule has 1 aromatic rings. The fourth-order valence-electron chi connectivity index (χ4n) is 2.43. The van der Waals surface area contributed by atoms with Gasteiger partial charge in [0.15, 0.2) is 0 Å². The van der Waals surface area contributed by atoms with E-state index >= 15 is 0 Å². The van der Waals surface area contributed by atoms with Gasteiger partial charge >= 0.3 is 5.97 Å². The van der Waals surface area contributed by atoms with Gasteiger partial charge in [-0.1, -0.05) is 19.1 Å². The van der Waals surface area contributed by atoms with E-state index in [4.69, 9.17) is 5.11 Å². The Morgan fingerprint density at radius 3 is 2.86 bits per heavy atom. The molecule has 2 N–H and O–H groups in total. The number of nitrogens with one attached hydrogen (secondary N) is 1. The molecule has 1 aromatic carbocycles. The highest BCUT2D eigenvalue weighted by Crippen LogP contribution is 2.21. The first-order chi connectivity index (χ1) is 10.4. The van der Waals surface area contributed by atoms with Crippen LogP contribution in [-0.4, -0.2) is 46.9 Å². The van der Waals surface area contributed by atoms with Crippen LogP contribution >= 0.6 is 0 Å². The highest BCUT2D eigenvalue weighted by Gasteiger charge is 2.35. The molecule has 0 saturated carbocycles. The number of aliphatic carboxylic acids is 1. The first-order valence-electron chi connectivity index (χ1n) is 6.93. The summed E-state index contributed by atoms with van der Waals surface area (Å²) < 4.78 is 13.2. The van der Waals surface area contributed by atoms with Crippen molar-refractivity contribution in [2.75, 3.05) is 13.1 Å². The molecular weight excluding hydrogens is 291 g/mol. The SMILES string of the molecule is CC(CC(=O)N1CC(=O)NCC1C(=O)O)c1cccc(F)c1. The van der Waals surface area contributed by atoms with Gasteiger partial charge in [0.2, 0.25) is 11.8 Å². The zero-order valence-electron chi connectivity index (χ0n) is 12.1. The van der Waals surface area contributed by atoms with Crippen LogP contribution in [0, 0.1) is 5.82 Å². The third-order valence-corrected chi connectivity index (χ3v) is 3.69. The number of hydrogen-bond acceptors (Lipinski definition) is 3. The second kappa shape index (κ2) is 6.55. The van der Waals surface area contributed by atoms with Crippen molar-refractivity contribution in [1.82, 2.24) is 10.2 Å². The van der Waals surface area contributed by atoms with Crippen LogP contribution < -0.4 is 5.32 Å². The number of benzene rings is 1. The average Bonchev–Trinajstić information content (AvgIpc) is 2.46. The largest absolute Gasteiger partial charge is 0.480 e. The van der Waals surface area contributed by atoms with Gasteiger partial charge in [-0.3, -0.25) is 9.59 Å². The number of carboxylic acid groups (broad SMARTS) is 1. The van der Waals surface area contributed by atoms with Crippen molar-refractivity contribution in [3.63, 3.8) is 0 Å². The van der Waals surface area contributed by atoms with Gasteiger partial charge in [0.25, 0.3) is 0 Å². The smallest absolute Gasteiger partial charge is 0.328 e. The summed E-state index contributed by atoms with van der Waals surface area (Å²) >= 11 is 0. The van der Waals surface area contributed by atoms with E-state index in [9.17, 15) is 18.8 Å². The van der Waals surface area contributed by atoms with E-state index in [0.717, 1.165) is 4.90 Å². The van der Waals surface area contributed by atoms with E-state index in [2.05, 4.69) is 5.32 Å². The maximum absolute atomic E-state index is 13.2. The Bertz CT molecular complexity index is 605. The Morgan fingerprint density at radius 2 is 2.23 bits per heavy atom. The number of piperazine rings is 1. The predicted molar refractivity (Wildman–Crippen MR) is 75.6 cm³/mol. The molecule has 0 bridgehead atoms. The Hall–Kier alpha value is -2.44. The third kappa shape index (κ3) is 3.60. The van der Waals surface area contributed by atoms with Gasteiger partial charge in [0, 0.05) is 13.0 Å². The summed E-state index contributed by atoms with van der Waals surface area (Å²) in [7, 11) is 0. The molecule has 1 aliphatic rings. The second-order valence-electron chi connectivity index (χ2n) is 5.34. The second-order valence-corrected chi connectivity index (χ2v) is 5.34. The van der Waals surface area contributed by atoms with Crippen molar-refractivity contribution in [3.8, 4) is 0 Å². The number of carboxylic acids is 1. The standard InChI is InChI=1S/C15H17FN2O4/c1-9(10-3-2-4-11(16)6-10)5-14(20)18-8-13(19)17-7-12(18)15(21)22/h2-4,6,9,12H,5,7-8H2,1H3,(H,17,19)(H,21,22). The number of rotatable bonds is 4. The minimum atomic E-state index is -1.16. The molecule has 6 nitrogen and oxygen atoms in total. The van der Waals surface area contributed by atoms with Gasteiger partial charge in [-0.25, -0.2) is 9.18 Å². The van der Waals surface area contributed by atoms with Crippen LogP contribution in [-0.2, 0) is 14.4 Å². The molecule has 0 spiro atoms. The molecule has 1 fully saturated rings. The van der Waals surface area contributed by atoms with Crippen LogP contribution in [0.2, 0.25) is 0 Å². The molecule has 118 valence electrons. The van der Waals surface area contributed by atoms with E-state index in [-0.39, 0.29) is 31.3 Å². The Morgan fingerprint density at radius 1 is 1.50 bits per heavy atom. The van der Waals surface area contributed by atoms with Crippen LogP contribution in [0.5, 0.6) is 0 Å². The molecule has 1 saturated heterocycles. The number of nitrogens with zero attached hydrogens (tertiary/aromatic N) is 1. The van der Waals surface area contributed by atoms with E-state index in [0.29, 0.717) is 5.56 Å². The predicted octanol–water partition coefficient (Wildman–Crippen LogP) is 0.731. The monoisotopic (exact) mass is 308 g/mol. The lowest BCUT2D eigenvalue weighted by molar-refractivity contribution is -0.154. The summed E-state index contributed by atoms with van der Waals surface area (Å²) in [5.41, 5.74) is 0.654. The number of carbonyl (C=O) groups is 3. The highest BCUT2D eigenvalue weighted by molar-refractivity contribution is 5.91. The normalized spacial score (nSPS) is 19.5. The number of halogens is 1. The molecular formula is C15H17FN2O4. The van der Waals surface area contributed by atoms with Crippen molar-refractivity contribution in [2.45, 2.75) is 25.3 Å². The fourth-order valence-corrected chi connectivity index (χ4v) is 2.43. The molecule has 22 heavy (non-hydrogen) atoms. The van der Waals surface area contributed by atoms with Gasteiger partial charge in [0.1, 0.15) is 18.4 Å².